The number of benzene rings is 2. The lowest BCUT2D eigenvalue weighted by Crippen LogP contribution is -2.30. The Labute approximate surface area is 185 Å². The van der Waals surface area contributed by atoms with Gasteiger partial charge in [0.05, 0.1) is 44.1 Å². The molecule has 8 heteroatoms. The fourth-order valence-corrected chi connectivity index (χ4v) is 3.62. The predicted molar refractivity (Wildman–Crippen MR) is 120 cm³/mol. The quantitative estimate of drug-likeness (QED) is 0.346. The van der Waals surface area contributed by atoms with E-state index in [9.17, 15) is 4.79 Å². The zero-order chi connectivity index (χ0) is 22.3. The maximum Gasteiger partial charge on any atom is 0.290 e. The van der Waals surface area contributed by atoms with Gasteiger partial charge >= 0.3 is 0 Å². The average molecular weight is 438 g/mol. The number of anilines is 2. The van der Waals surface area contributed by atoms with Gasteiger partial charge in [-0.1, -0.05) is 30.3 Å². The molecule has 0 aliphatic carbocycles. The summed E-state index contributed by atoms with van der Waals surface area (Å²) in [7, 11) is 0. The number of aliphatic hydroxyl groups is 1. The van der Waals surface area contributed by atoms with E-state index in [0.29, 0.717) is 24.4 Å². The van der Waals surface area contributed by atoms with E-state index >= 15 is 0 Å². The standard InChI is InChI=1S/C24H26N2O6/c25-19-6-2-3-7-20(19)26-24(28)22-13-16(14-23(32-22)30-12-11-29-10-9-27)18-15-31-21-8-4-1-5-17(18)21/h1-8,13,15-16,23,27H,9-12,14,25H2,(H,26,28)/t16-,23+/m0/s1. The van der Waals surface area contributed by atoms with Crippen LogP contribution in [0.1, 0.15) is 17.9 Å². The smallest absolute Gasteiger partial charge is 0.290 e. The first-order valence-corrected chi connectivity index (χ1v) is 10.5. The summed E-state index contributed by atoms with van der Waals surface area (Å²) in [4.78, 5) is 13.0. The SMILES string of the molecule is Nc1ccccc1NC(=O)C1=C[C@H](c2coc3ccccc23)C[C@H](OCCOCCO)O1. The van der Waals surface area contributed by atoms with Crippen LogP contribution in [0.4, 0.5) is 11.4 Å². The third-order valence-corrected chi connectivity index (χ3v) is 5.17. The van der Waals surface area contributed by atoms with Gasteiger partial charge in [-0.15, -0.1) is 0 Å². The van der Waals surface area contributed by atoms with Crippen LogP contribution < -0.4 is 11.1 Å². The highest BCUT2D eigenvalue weighted by molar-refractivity contribution is 6.04. The fourth-order valence-electron chi connectivity index (χ4n) is 3.62. The number of fused-ring (bicyclic) bond motifs is 1. The highest BCUT2D eigenvalue weighted by Crippen LogP contribution is 2.36. The number of nitrogens with two attached hydrogens (primary N) is 1. The van der Waals surface area contributed by atoms with Crippen molar-refractivity contribution in [2.75, 3.05) is 37.5 Å². The molecule has 3 aromatic rings. The Kier molecular flexibility index (Phi) is 7.06. The van der Waals surface area contributed by atoms with Crippen LogP contribution in [-0.4, -0.2) is 43.7 Å². The molecule has 1 aromatic heterocycles. The summed E-state index contributed by atoms with van der Waals surface area (Å²) in [6.45, 7) is 0.769. The molecule has 0 bridgehead atoms. The van der Waals surface area contributed by atoms with Gasteiger partial charge in [-0.05, 0) is 24.3 Å². The normalized spacial score (nSPS) is 18.2. The molecule has 0 saturated heterocycles. The zero-order valence-electron chi connectivity index (χ0n) is 17.5. The van der Waals surface area contributed by atoms with Gasteiger partial charge in [-0.25, -0.2) is 0 Å². The summed E-state index contributed by atoms with van der Waals surface area (Å²) in [6, 6.07) is 14.8. The molecule has 32 heavy (non-hydrogen) atoms. The molecule has 0 fully saturated rings. The van der Waals surface area contributed by atoms with Gasteiger partial charge in [0, 0.05) is 23.3 Å². The van der Waals surface area contributed by atoms with Crippen LogP contribution in [0.2, 0.25) is 0 Å². The Bertz CT molecular complexity index is 1090. The Morgan fingerprint density at radius 3 is 2.78 bits per heavy atom. The summed E-state index contributed by atoms with van der Waals surface area (Å²) >= 11 is 0. The highest BCUT2D eigenvalue weighted by atomic mass is 16.7. The van der Waals surface area contributed by atoms with Crippen molar-refractivity contribution in [2.24, 2.45) is 0 Å². The van der Waals surface area contributed by atoms with E-state index in [1.807, 2.05) is 24.3 Å². The lowest BCUT2D eigenvalue weighted by molar-refractivity contribution is -0.148. The molecule has 2 heterocycles. The van der Waals surface area contributed by atoms with Crippen LogP contribution in [0.25, 0.3) is 11.0 Å². The second-order valence-electron chi connectivity index (χ2n) is 7.36. The number of nitrogen functional groups attached to an aromatic ring is 1. The molecule has 1 amide bonds. The summed E-state index contributed by atoms with van der Waals surface area (Å²) < 4.78 is 22.6. The minimum atomic E-state index is -0.648. The van der Waals surface area contributed by atoms with Crippen LogP contribution in [0.5, 0.6) is 0 Å². The van der Waals surface area contributed by atoms with Crippen molar-refractivity contribution >= 4 is 28.3 Å². The zero-order valence-corrected chi connectivity index (χ0v) is 17.5. The number of ether oxygens (including phenoxy) is 3. The van der Waals surface area contributed by atoms with Crippen molar-refractivity contribution < 1.29 is 28.5 Å². The van der Waals surface area contributed by atoms with Gasteiger partial charge in [-0.2, -0.15) is 0 Å². The number of allylic oxidation sites excluding steroid dienone is 1. The van der Waals surface area contributed by atoms with Crippen LogP contribution >= 0.6 is 0 Å². The lowest BCUT2D eigenvalue weighted by Gasteiger charge is -2.29. The molecule has 0 unspecified atom stereocenters. The molecular formula is C24H26N2O6. The fraction of sp³-hybridized carbons (Fsp3) is 0.292. The summed E-state index contributed by atoms with van der Waals surface area (Å²) in [5.41, 5.74) is 8.66. The Morgan fingerprint density at radius 1 is 1.12 bits per heavy atom. The first-order chi connectivity index (χ1) is 15.7. The van der Waals surface area contributed by atoms with Gasteiger partial charge in [0.1, 0.15) is 5.58 Å². The van der Waals surface area contributed by atoms with E-state index in [1.165, 1.54) is 0 Å². The van der Waals surface area contributed by atoms with Gasteiger partial charge in [0.2, 0.25) is 6.29 Å². The Morgan fingerprint density at radius 2 is 1.94 bits per heavy atom. The molecule has 1 aliphatic heterocycles. The predicted octanol–water partition coefficient (Wildman–Crippen LogP) is 3.39. The number of carbonyl (C=O) groups excluding carboxylic acids is 1. The topological polar surface area (TPSA) is 116 Å². The van der Waals surface area contributed by atoms with E-state index in [2.05, 4.69) is 5.32 Å². The van der Waals surface area contributed by atoms with Crippen molar-refractivity contribution in [1.29, 1.82) is 0 Å². The van der Waals surface area contributed by atoms with Crippen LogP contribution in [0.15, 0.2) is 71.0 Å². The summed E-state index contributed by atoms with van der Waals surface area (Å²) in [5.74, 6) is -0.411. The molecule has 4 rings (SSSR count). The molecule has 0 saturated carbocycles. The van der Waals surface area contributed by atoms with Crippen LogP contribution in [-0.2, 0) is 19.0 Å². The van der Waals surface area contributed by atoms with E-state index < -0.39 is 12.2 Å². The van der Waals surface area contributed by atoms with Crippen molar-refractivity contribution in [1.82, 2.24) is 0 Å². The number of furan rings is 1. The average Bonchev–Trinajstić information content (AvgIpc) is 3.24. The van der Waals surface area contributed by atoms with E-state index in [1.54, 1.807) is 36.6 Å². The molecule has 2 atom stereocenters. The third kappa shape index (κ3) is 5.11. The van der Waals surface area contributed by atoms with Crippen molar-refractivity contribution in [3.8, 4) is 0 Å². The first kappa shape index (κ1) is 21.9. The molecule has 0 spiro atoms. The Hall–Kier alpha value is -3.33. The minimum Gasteiger partial charge on any atom is -0.464 e. The van der Waals surface area contributed by atoms with Crippen LogP contribution in [0, 0.1) is 0 Å². The summed E-state index contributed by atoms with van der Waals surface area (Å²) in [5, 5.41) is 12.6. The number of rotatable bonds is 9. The summed E-state index contributed by atoms with van der Waals surface area (Å²) in [6.07, 6.45) is 3.36. The van der Waals surface area contributed by atoms with Crippen molar-refractivity contribution in [2.45, 2.75) is 18.6 Å². The maximum absolute atomic E-state index is 13.0. The number of para-hydroxylation sites is 3. The number of amides is 1. The minimum absolute atomic E-state index is 0.0504. The van der Waals surface area contributed by atoms with Crippen molar-refractivity contribution in [3.05, 3.63) is 72.2 Å². The van der Waals surface area contributed by atoms with E-state index in [4.69, 9.17) is 29.5 Å². The van der Waals surface area contributed by atoms with Crippen molar-refractivity contribution in [3.63, 3.8) is 0 Å². The van der Waals surface area contributed by atoms with Crippen LogP contribution in [0.3, 0.4) is 0 Å². The molecular weight excluding hydrogens is 412 g/mol. The number of nitrogens with one attached hydrogen (secondary N) is 1. The molecule has 4 N–H and O–H groups in total. The lowest BCUT2D eigenvalue weighted by atomic mass is 9.92. The van der Waals surface area contributed by atoms with Gasteiger partial charge < -0.3 is 34.8 Å². The maximum atomic E-state index is 13.0. The second kappa shape index (κ2) is 10.3. The van der Waals surface area contributed by atoms with Gasteiger partial charge in [0.15, 0.2) is 5.76 Å². The molecule has 1 aliphatic rings. The highest BCUT2D eigenvalue weighted by Gasteiger charge is 2.30. The number of hydrogen-bond acceptors (Lipinski definition) is 7. The monoisotopic (exact) mass is 438 g/mol. The first-order valence-electron chi connectivity index (χ1n) is 10.5. The van der Waals surface area contributed by atoms with Gasteiger partial charge in [0.25, 0.3) is 5.91 Å². The molecule has 8 nitrogen and oxygen atoms in total. The largest absolute Gasteiger partial charge is 0.464 e. The number of carbonyl (C=O) groups is 1. The van der Waals surface area contributed by atoms with E-state index in [-0.39, 0.29) is 31.5 Å². The molecule has 0 radical (unpaired) electrons. The molecule has 168 valence electrons. The van der Waals surface area contributed by atoms with Gasteiger partial charge in [-0.3, -0.25) is 4.79 Å². The third-order valence-electron chi connectivity index (χ3n) is 5.17. The molecule has 2 aromatic carbocycles. The number of hydrogen-bond donors (Lipinski definition) is 3. The second-order valence-corrected chi connectivity index (χ2v) is 7.36. The Balaban J connectivity index is 1.55. The van der Waals surface area contributed by atoms with E-state index in [0.717, 1.165) is 16.5 Å². The number of aliphatic hydroxyl groups excluding tert-OH is 1.